The van der Waals surface area contributed by atoms with E-state index < -0.39 is 0 Å². The van der Waals surface area contributed by atoms with Crippen LogP contribution in [0, 0.1) is 0 Å². The molecular formula is C21H24N2OS. The predicted molar refractivity (Wildman–Crippen MR) is 106 cm³/mol. The quantitative estimate of drug-likeness (QED) is 0.758. The Balaban J connectivity index is 1.82. The lowest BCUT2D eigenvalue weighted by Gasteiger charge is -2.31. The zero-order valence-electron chi connectivity index (χ0n) is 14.6. The van der Waals surface area contributed by atoms with Crippen LogP contribution in [0.5, 0.6) is 5.75 Å². The molecule has 3 nitrogen and oxygen atoms in total. The molecule has 2 heterocycles. The van der Waals surface area contributed by atoms with Crippen molar-refractivity contribution in [1.29, 1.82) is 0 Å². The molecule has 130 valence electrons. The molecule has 2 aromatic carbocycles. The summed E-state index contributed by atoms with van der Waals surface area (Å²) in [7, 11) is 1.77. The Morgan fingerprint density at radius 2 is 1.88 bits per heavy atom. The van der Waals surface area contributed by atoms with Gasteiger partial charge < -0.3 is 10.1 Å². The highest BCUT2D eigenvalue weighted by Crippen LogP contribution is 2.40. The van der Waals surface area contributed by atoms with Crippen LogP contribution in [0.15, 0.2) is 54.6 Å². The molecular weight excluding hydrogens is 328 g/mol. The summed E-state index contributed by atoms with van der Waals surface area (Å²) < 4.78 is 7.06. The van der Waals surface area contributed by atoms with Gasteiger partial charge in [-0.25, -0.2) is 0 Å². The SMILES string of the molecule is COc1ccccc1C(c1cc2ccccc2s1)N1CCCNCC1. The number of ether oxygens (including phenoxy) is 1. The second-order valence-corrected chi connectivity index (χ2v) is 7.59. The molecule has 1 unspecified atom stereocenters. The first-order chi connectivity index (χ1) is 12.4. The summed E-state index contributed by atoms with van der Waals surface area (Å²) in [4.78, 5) is 4.00. The first-order valence-corrected chi connectivity index (χ1v) is 9.74. The number of hydrogen-bond donors (Lipinski definition) is 1. The van der Waals surface area contributed by atoms with Crippen molar-refractivity contribution in [3.8, 4) is 5.75 Å². The third-order valence-corrected chi connectivity index (χ3v) is 6.06. The van der Waals surface area contributed by atoms with Crippen LogP contribution in [-0.4, -0.2) is 38.2 Å². The number of benzene rings is 2. The summed E-state index contributed by atoms with van der Waals surface area (Å²) in [5.74, 6) is 0.974. The lowest BCUT2D eigenvalue weighted by molar-refractivity contribution is 0.239. The third-order valence-electron chi connectivity index (χ3n) is 4.89. The first-order valence-electron chi connectivity index (χ1n) is 8.93. The Kier molecular flexibility index (Phi) is 5.02. The molecule has 1 N–H and O–H groups in total. The van der Waals surface area contributed by atoms with Gasteiger partial charge in [0.25, 0.3) is 0 Å². The molecule has 3 aromatic rings. The fourth-order valence-electron chi connectivity index (χ4n) is 3.68. The minimum atomic E-state index is 0.244. The van der Waals surface area contributed by atoms with E-state index in [4.69, 9.17) is 4.74 Å². The Hall–Kier alpha value is -1.88. The topological polar surface area (TPSA) is 24.5 Å². The number of nitrogens with one attached hydrogen (secondary N) is 1. The van der Waals surface area contributed by atoms with Gasteiger partial charge in [0, 0.05) is 34.8 Å². The average molecular weight is 353 g/mol. The Morgan fingerprint density at radius 1 is 1.04 bits per heavy atom. The van der Waals surface area contributed by atoms with Crippen molar-refractivity contribution < 1.29 is 4.74 Å². The van der Waals surface area contributed by atoms with Gasteiger partial charge in [-0.2, -0.15) is 0 Å². The Morgan fingerprint density at radius 3 is 2.76 bits per heavy atom. The average Bonchev–Trinajstić information content (AvgIpc) is 2.89. The highest BCUT2D eigenvalue weighted by atomic mass is 32.1. The molecule has 0 bridgehead atoms. The van der Waals surface area contributed by atoms with Gasteiger partial charge in [0.15, 0.2) is 0 Å². The van der Waals surface area contributed by atoms with Crippen LogP contribution in [0.3, 0.4) is 0 Å². The standard InChI is InChI=1S/C21H24N2OS/c1-24-18-9-4-3-8-17(18)21(23-13-6-11-22-12-14-23)20-15-16-7-2-5-10-19(16)25-20/h2-5,7-10,15,21-22H,6,11-14H2,1H3. The molecule has 1 aromatic heterocycles. The molecule has 1 atom stereocenters. The molecule has 25 heavy (non-hydrogen) atoms. The van der Waals surface area contributed by atoms with Crippen LogP contribution in [0.25, 0.3) is 10.1 Å². The summed E-state index contributed by atoms with van der Waals surface area (Å²) in [6.07, 6.45) is 1.18. The van der Waals surface area contributed by atoms with Crippen LogP contribution in [-0.2, 0) is 0 Å². The maximum atomic E-state index is 5.71. The van der Waals surface area contributed by atoms with Gasteiger partial charge in [-0.1, -0.05) is 36.4 Å². The third kappa shape index (κ3) is 3.43. The molecule has 1 fully saturated rings. The van der Waals surface area contributed by atoms with E-state index in [9.17, 15) is 0 Å². The van der Waals surface area contributed by atoms with Gasteiger partial charge in [0.05, 0.1) is 13.2 Å². The number of methoxy groups -OCH3 is 1. The van der Waals surface area contributed by atoms with Crippen molar-refractivity contribution in [2.45, 2.75) is 12.5 Å². The van der Waals surface area contributed by atoms with Gasteiger partial charge in [-0.15, -0.1) is 11.3 Å². The molecule has 0 amide bonds. The number of fused-ring (bicyclic) bond motifs is 1. The molecule has 0 aliphatic carbocycles. The van der Waals surface area contributed by atoms with Crippen molar-refractivity contribution in [3.63, 3.8) is 0 Å². The lowest BCUT2D eigenvalue weighted by atomic mass is 10.0. The zero-order chi connectivity index (χ0) is 17.1. The minimum Gasteiger partial charge on any atom is -0.496 e. The van der Waals surface area contributed by atoms with Gasteiger partial charge in [-0.3, -0.25) is 4.90 Å². The second-order valence-electron chi connectivity index (χ2n) is 6.47. The smallest absolute Gasteiger partial charge is 0.124 e. The number of para-hydroxylation sites is 1. The lowest BCUT2D eigenvalue weighted by Crippen LogP contribution is -2.32. The molecule has 0 radical (unpaired) electrons. The van der Waals surface area contributed by atoms with Crippen LogP contribution < -0.4 is 10.1 Å². The fraction of sp³-hybridized carbons (Fsp3) is 0.333. The number of thiophene rings is 1. The Bertz CT molecular complexity index is 804. The maximum absolute atomic E-state index is 5.71. The molecule has 1 aliphatic heterocycles. The highest BCUT2D eigenvalue weighted by molar-refractivity contribution is 7.19. The van der Waals surface area contributed by atoms with E-state index in [-0.39, 0.29) is 6.04 Å². The molecule has 0 saturated carbocycles. The maximum Gasteiger partial charge on any atom is 0.124 e. The second kappa shape index (κ2) is 7.56. The molecule has 4 heteroatoms. The molecule has 4 rings (SSSR count). The van der Waals surface area contributed by atoms with Crippen LogP contribution in [0.1, 0.15) is 22.9 Å². The largest absolute Gasteiger partial charge is 0.496 e. The van der Waals surface area contributed by atoms with Gasteiger partial charge in [0.2, 0.25) is 0 Å². The monoisotopic (exact) mass is 352 g/mol. The number of hydrogen-bond acceptors (Lipinski definition) is 4. The number of rotatable bonds is 4. The first kappa shape index (κ1) is 16.6. The van der Waals surface area contributed by atoms with E-state index in [1.807, 2.05) is 17.4 Å². The number of nitrogens with zero attached hydrogens (tertiary/aromatic N) is 1. The van der Waals surface area contributed by atoms with Crippen LogP contribution >= 0.6 is 11.3 Å². The highest BCUT2D eigenvalue weighted by Gasteiger charge is 2.27. The summed E-state index contributed by atoms with van der Waals surface area (Å²) in [5.41, 5.74) is 1.26. The predicted octanol–water partition coefficient (Wildman–Crippen LogP) is 4.29. The molecule has 0 spiro atoms. The minimum absolute atomic E-state index is 0.244. The molecule has 1 saturated heterocycles. The molecule has 1 aliphatic rings. The summed E-state index contributed by atoms with van der Waals surface area (Å²) in [5, 5.41) is 4.85. The van der Waals surface area contributed by atoms with E-state index >= 15 is 0 Å². The van der Waals surface area contributed by atoms with Gasteiger partial charge in [0.1, 0.15) is 5.75 Å². The van der Waals surface area contributed by atoms with E-state index in [2.05, 4.69) is 58.7 Å². The van der Waals surface area contributed by atoms with Gasteiger partial charge in [-0.05, 0) is 36.6 Å². The fourth-order valence-corrected chi connectivity index (χ4v) is 4.90. The summed E-state index contributed by atoms with van der Waals surface area (Å²) >= 11 is 1.90. The summed E-state index contributed by atoms with van der Waals surface area (Å²) in [6, 6.07) is 19.7. The zero-order valence-corrected chi connectivity index (χ0v) is 15.4. The van der Waals surface area contributed by atoms with Crippen molar-refractivity contribution in [2.24, 2.45) is 0 Å². The van der Waals surface area contributed by atoms with E-state index in [0.717, 1.165) is 31.9 Å². The Labute approximate surface area is 153 Å². The van der Waals surface area contributed by atoms with E-state index in [1.54, 1.807) is 7.11 Å². The summed E-state index contributed by atoms with van der Waals surface area (Å²) in [6.45, 7) is 4.29. The van der Waals surface area contributed by atoms with Crippen LogP contribution in [0.2, 0.25) is 0 Å². The van der Waals surface area contributed by atoms with Crippen molar-refractivity contribution >= 4 is 21.4 Å². The normalized spacial score (nSPS) is 17.3. The van der Waals surface area contributed by atoms with Gasteiger partial charge >= 0.3 is 0 Å². The van der Waals surface area contributed by atoms with E-state index in [1.165, 1.54) is 26.9 Å². The van der Waals surface area contributed by atoms with Crippen molar-refractivity contribution in [1.82, 2.24) is 10.2 Å². The van der Waals surface area contributed by atoms with Crippen molar-refractivity contribution in [3.05, 3.63) is 65.0 Å². The van der Waals surface area contributed by atoms with E-state index in [0.29, 0.717) is 0 Å². The van der Waals surface area contributed by atoms with Crippen molar-refractivity contribution in [2.75, 3.05) is 33.3 Å². The van der Waals surface area contributed by atoms with Crippen LogP contribution in [0.4, 0.5) is 0 Å².